The van der Waals surface area contributed by atoms with Crippen molar-refractivity contribution in [1.82, 2.24) is 0 Å². The van der Waals surface area contributed by atoms with Crippen molar-refractivity contribution in [3.8, 4) is 44.5 Å². The summed E-state index contributed by atoms with van der Waals surface area (Å²) < 4.78 is 53.7. The quantitative estimate of drug-likeness (QED) is 0.114. The molecule has 3 aliphatic carbocycles. The first-order valence-electron chi connectivity index (χ1n) is 37.2. The van der Waals surface area contributed by atoms with E-state index in [4.69, 9.17) is 0 Å². The van der Waals surface area contributed by atoms with Crippen LogP contribution >= 0.6 is 22.7 Å². The Morgan fingerprint density at radius 1 is 0.361 bits per heavy atom. The molecule has 13 aromatic rings. The predicted molar refractivity (Wildman–Crippen MR) is 451 cm³/mol. The van der Waals surface area contributed by atoms with E-state index in [-0.39, 0.29) is 18.3 Å². The fraction of sp³-hybridized carbons (Fsp3) is 0.0625. The van der Waals surface area contributed by atoms with Crippen LogP contribution in [0.15, 0.2) is 417 Å². The molecule has 4 atom stereocenters. The number of para-hydroxylation sites is 10. The Morgan fingerprint density at radius 3 is 1.14 bits per heavy atom. The van der Waals surface area contributed by atoms with Crippen LogP contribution in [0.25, 0.3) is 50.1 Å². The zero-order valence-electron chi connectivity index (χ0n) is 59.1. The van der Waals surface area contributed by atoms with Crippen LogP contribution in [-0.2, 0) is 9.13 Å². The van der Waals surface area contributed by atoms with Gasteiger partial charge in [0.15, 0.2) is 0 Å². The van der Waals surface area contributed by atoms with Gasteiger partial charge in [-0.05, 0) is 0 Å². The third-order valence-electron chi connectivity index (χ3n) is 22.9. The Morgan fingerprint density at radius 2 is 0.713 bits per heavy atom. The summed E-state index contributed by atoms with van der Waals surface area (Å²) in [6, 6.07) is 122. The first-order chi connectivity index (χ1) is 53.3. The topological polar surface area (TPSA) is 73.8 Å². The van der Waals surface area contributed by atoms with Gasteiger partial charge >= 0.3 is 635 Å². The number of nitrogens with zero attached hydrogens (tertiary/aromatic N) is 6. The van der Waals surface area contributed by atoms with Gasteiger partial charge in [-0.25, -0.2) is 0 Å². The molecule has 0 radical (unpaired) electrons. The second kappa shape index (κ2) is 26.2. The zero-order valence-corrected chi connectivity index (χ0v) is 61.9. The Hall–Kier alpha value is -12.1. The summed E-state index contributed by atoms with van der Waals surface area (Å²) in [7, 11) is -14.1. The molecule has 3 unspecified atom stereocenters. The first kappa shape index (κ1) is 65.5. The van der Waals surface area contributed by atoms with Gasteiger partial charge in [0.05, 0.1) is 0 Å². The number of anilines is 10. The van der Waals surface area contributed by atoms with Gasteiger partial charge in [-0.15, -0.1) is 0 Å². The van der Waals surface area contributed by atoms with Crippen LogP contribution in [0.3, 0.4) is 0 Å². The third kappa shape index (κ3) is 9.93. The van der Waals surface area contributed by atoms with E-state index < -0.39 is 33.9 Å². The molecule has 5 aliphatic heterocycles. The van der Waals surface area contributed by atoms with Gasteiger partial charge in [-0.1, -0.05) is 0 Å². The van der Waals surface area contributed by atoms with Gasteiger partial charge in [0.1, 0.15) is 0 Å². The molecule has 0 aromatic heterocycles. The number of hydrogen-bond acceptors (Lipinski definition) is 5. The minimum absolute atomic E-state index is 0.0641. The Balaban J connectivity index is 0.940. The Bertz CT molecular complexity index is 5780. The summed E-state index contributed by atoms with van der Waals surface area (Å²) in [5, 5.41) is 0.944. The molecule has 0 saturated heterocycles. The van der Waals surface area contributed by atoms with Crippen LogP contribution in [-0.4, -0.2) is 16.1 Å². The molecule has 13 aromatic carbocycles. The van der Waals surface area contributed by atoms with E-state index in [9.17, 15) is 0 Å². The molecular weight excluding hydrogens is 1380 g/mol. The summed E-state index contributed by atoms with van der Waals surface area (Å²) in [5.74, 6) is -0.521. The molecular formula is C96H75N6O3P3. The van der Waals surface area contributed by atoms with Crippen LogP contribution < -0.4 is 28.0 Å². The molecule has 21 rings (SSSR count). The van der Waals surface area contributed by atoms with Crippen LogP contribution in [0.1, 0.15) is 29.9 Å². The summed E-state index contributed by atoms with van der Waals surface area (Å²) in [4.78, 5) is 16.8. The second-order valence-electron chi connectivity index (χ2n) is 28.6. The van der Waals surface area contributed by atoms with Gasteiger partial charge in [0.25, 0.3) is 0 Å². The van der Waals surface area contributed by atoms with Gasteiger partial charge in [-0.3, -0.25) is 0 Å². The summed E-state index contributed by atoms with van der Waals surface area (Å²) in [6.07, 6.45) is 19.0. The summed E-state index contributed by atoms with van der Waals surface area (Å²) >= 11 is 0. The molecule has 1 N–H and O–H groups in total. The summed E-state index contributed by atoms with van der Waals surface area (Å²) in [5.41, 5.74) is 17.1. The SMILES string of the molecule is O=P1(C2=CC([PH]3(O)N4C5=CCC(C=C5c5ccccc5)[C@@]5(C=CC=CC5c5ccccc5)N3c3ccccc34)CC(P3(=O)N(c4ccccc4-c4ccccc4)c4ccccc4N3c3ccccc3-c3ccccc3)=C2)N(c2ccccc2-c2ccccc2)c2ccccc2N1c1ccccc1-c1ccccc1. The predicted octanol–water partition coefficient (Wildman–Crippen LogP) is 26.0. The number of rotatable bonds is 13. The standard InChI is InChI=1S/C96H75N6O3P3/c103-106(97(85-52-23-19-47-79(85)69-35-7-1-8-36-69)90-56-27-28-57-91(90)98(106)86-53-24-20-48-80(86)70-37-9-2-10-38-70)76-66-77(107(104)99(87-54-25-21-49-81(87)71-39-11-3-12-40-71)92-58-29-30-59-93(92)100(107)88-55-26-22-50-82(88)72-41-13-4-14-42-72)68-78(67-76)108(105)101-89-63-62-75(65-83(89)73-43-15-5-16-44-73)96(102(108)95-61-32-31-60-94(95)101)64-34-33-51-84(96)74-45-17-6-18-46-74/h1-61,63-67,75,78,84,105,108H,62,68H2/t75?,78?,84?,96-/m1/s1. The molecule has 108 heavy (non-hydrogen) atoms. The van der Waals surface area contributed by atoms with Crippen molar-refractivity contribution >= 4 is 85.1 Å². The third-order valence-corrected chi connectivity index (χ3v) is 32.6. The van der Waals surface area contributed by atoms with Gasteiger partial charge in [-0.2, -0.15) is 0 Å². The Labute approximate surface area is 631 Å². The average Bonchev–Trinajstić information content (AvgIpc) is 1.49. The fourth-order valence-electron chi connectivity index (χ4n) is 18.4. The van der Waals surface area contributed by atoms with E-state index in [2.05, 4.69) is 356 Å². The van der Waals surface area contributed by atoms with Crippen LogP contribution in [0.5, 0.6) is 0 Å². The van der Waals surface area contributed by atoms with Crippen molar-refractivity contribution in [3.63, 3.8) is 0 Å². The van der Waals surface area contributed by atoms with Crippen molar-refractivity contribution in [2.75, 3.05) is 28.0 Å². The number of benzene rings is 13. The molecule has 9 nitrogen and oxygen atoms in total. The maximum absolute atomic E-state index is 20.2. The number of allylic oxidation sites excluding steroid dienone is 8. The van der Waals surface area contributed by atoms with Crippen molar-refractivity contribution in [3.05, 3.63) is 428 Å². The van der Waals surface area contributed by atoms with Crippen LogP contribution in [0, 0.1) is 5.92 Å². The van der Waals surface area contributed by atoms with E-state index in [0.717, 1.165) is 124 Å². The summed E-state index contributed by atoms with van der Waals surface area (Å²) in [6.45, 7) is 0. The van der Waals surface area contributed by atoms with Gasteiger partial charge in [0.2, 0.25) is 0 Å². The van der Waals surface area contributed by atoms with Gasteiger partial charge in [0, 0.05) is 0 Å². The molecule has 0 saturated carbocycles. The second-order valence-corrected chi connectivity index (χ2v) is 36.5. The first-order valence-corrected chi connectivity index (χ1v) is 42.3. The van der Waals surface area contributed by atoms with Crippen molar-refractivity contribution in [1.29, 1.82) is 0 Å². The van der Waals surface area contributed by atoms with Crippen molar-refractivity contribution in [2.45, 2.75) is 30.0 Å². The fourth-order valence-corrected chi connectivity index (χ4v) is 29.7. The number of fused-ring (bicyclic) bond motifs is 4. The van der Waals surface area contributed by atoms with E-state index in [1.54, 1.807) is 0 Å². The molecule has 0 fully saturated rings. The van der Waals surface area contributed by atoms with Crippen molar-refractivity contribution in [2.24, 2.45) is 5.92 Å². The molecule has 12 heteroatoms. The average molecular weight is 1450 g/mol. The van der Waals surface area contributed by atoms with Crippen molar-refractivity contribution < 1.29 is 14.0 Å². The molecule has 4 bridgehead atoms. The maximum atomic E-state index is 20.2. The van der Waals surface area contributed by atoms with Crippen LogP contribution in [0.4, 0.5) is 56.9 Å². The molecule has 5 heterocycles. The molecule has 0 amide bonds. The van der Waals surface area contributed by atoms with E-state index in [1.165, 1.54) is 0 Å². The normalized spacial score (nSPS) is 20.4. The Kier molecular flexibility index (Phi) is 15.9. The molecule has 522 valence electrons. The minimum atomic E-state index is -4.81. The van der Waals surface area contributed by atoms with Gasteiger partial charge < -0.3 is 0 Å². The molecule has 8 aliphatic rings. The van der Waals surface area contributed by atoms with E-state index in [0.29, 0.717) is 17.0 Å². The number of hydrogen-bond donors (Lipinski definition) is 1. The van der Waals surface area contributed by atoms with E-state index >= 15 is 14.0 Å². The molecule has 1 spiro atoms. The monoisotopic (exact) mass is 1450 g/mol. The zero-order chi connectivity index (χ0) is 72.1. The van der Waals surface area contributed by atoms with Crippen LogP contribution in [0.2, 0.25) is 0 Å². The van der Waals surface area contributed by atoms with E-state index in [1.807, 2.05) is 72.8 Å².